The highest BCUT2D eigenvalue weighted by Gasteiger charge is 2.30. The maximum atomic E-state index is 12.6. The van der Waals surface area contributed by atoms with Crippen LogP contribution in [0.4, 0.5) is 26.3 Å². The monoisotopic (exact) mass is 362 g/mol. The Balaban J connectivity index is 2.08. The van der Waals surface area contributed by atoms with Crippen molar-refractivity contribution in [3.63, 3.8) is 0 Å². The molecule has 0 aliphatic heterocycles. The van der Waals surface area contributed by atoms with Gasteiger partial charge in [-0.25, -0.2) is 0 Å². The van der Waals surface area contributed by atoms with Crippen LogP contribution in [0.3, 0.4) is 0 Å². The summed E-state index contributed by atoms with van der Waals surface area (Å²) in [4.78, 5) is 0. The SMILES string of the molecule is NN/C(=C\CC(F)(F)F)C1C=CC(c2ccc(C(F)(F)F)cc2)=CC1. The zero-order chi connectivity index (χ0) is 18.7. The van der Waals surface area contributed by atoms with Crippen molar-refractivity contribution in [1.29, 1.82) is 0 Å². The third-order valence-corrected chi connectivity index (χ3v) is 3.76. The van der Waals surface area contributed by atoms with E-state index >= 15 is 0 Å². The van der Waals surface area contributed by atoms with E-state index in [0.29, 0.717) is 17.6 Å². The van der Waals surface area contributed by atoms with Gasteiger partial charge >= 0.3 is 12.4 Å². The highest BCUT2D eigenvalue weighted by molar-refractivity contribution is 5.75. The fourth-order valence-electron chi connectivity index (χ4n) is 2.46. The number of hydrogen-bond acceptors (Lipinski definition) is 2. The van der Waals surface area contributed by atoms with Crippen LogP contribution in [0.25, 0.3) is 5.57 Å². The van der Waals surface area contributed by atoms with Crippen LogP contribution in [-0.2, 0) is 6.18 Å². The van der Waals surface area contributed by atoms with E-state index < -0.39 is 24.3 Å². The Labute approximate surface area is 140 Å². The smallest absolute Gasteiger partial charge is 0.328 e. The molecule has 0 saturated heterocycles. The maximum Gasteiger partial charge on any atom is 0.416 e. The lowest BCUT2D eigenvalue weighted by molar-refractivity contribution is -0.137. The van der Waals surface area contributed by atoms with E-state index in [9.17, 15) is 26.3 Å². The summed E-state index contributed by atoms with van der Waals surface area (Å²) in [7, 11) is 0. The van der Waals surface area contributed by atoms with Gasteiger partial charge in [-0.1, -0.05) is 36.4 Å². The van der Waals surface area contributed by atoms with Crippen molar-refractivity contribution in [3.05, 3.63) is 65.4 Å². The molecule has 0 bridgehead atoms. The first-order valence-electron chi connectivity index (χ1n) is 7.39. The second-order valence-electron chi connectivity index (χ2n) is 5.56. The van der Waals surface area contributed by atoms with Gasteiger partial charge in [0.1, 0.15) is 0 Å². The predicted molar refractivity (Wildman–Crippen MR) is 82.7 cm³/mol. The van der Waals surface area contributed by atoms with Crippen molar-refractivity contribution in [3.8, 4) is 0 Å². The summed E-state index contributed by atoms with van der Waals surface area (Å²) >= 11 is 0. The number of hydrogen-bond donors (Lipinski definition) is 2. The molecule has 1 aromatic rings. The largest absolute Gasteiger partial charge is 0.416 e. The van der Waals surface area contributed by atoms with Crippen LogP contribution in [0, 0.1) is 5.92 Å². The van der Waals surface area contributed by atoms with Crippen LogP contribution in [0.5, 0.6) is 0 Å². The molecule has 25 heavy (non-hydrogen) atoms. The Bertz CT molecular complexity index is 681. The van der Waals surface area contributed by atoms with Crippen molar-refractivity contribution < 1.29 is 26.3 Å². The van der Waals surface area contributed by atoms with Gasteiger partial charge in [0, 0.05) is 11.6 Å². The van der Waals surface area contributed by atoms with Gasteiger partial charge in [0.2, 0.25) is 0 Å². The average Bonchev–Trinajstić information content (AvgIpc) is 2.54. The first-order chi connectivity index (χ1) is 11.6. The molecule has 136 valence electrons. The number of rotatable bonds is 4. The number of allylic oxidation sites excluding steroid dienone is 5. The predicted octanol–water partition coefficient (Wildman–Crippen LogP) is 4.96. The summed E-state index contributed by atoms with van der Waals surface area (Å²) in [6, 6.07) is 4.71. The summed E-state index contributed by atoms with van der Waals surface area (Å²) in [6.45, 7) is 0. The Morgan fingerprint density at radius 3 is 2.20 bits per heavy atom. The highest BCUT2D eigenvalue weighted by atomic mass is 19.4. The van der Waals surface area contributed by atoms with E-state index in [4.69, 9.17) is 5.84 Å². The normalized spacial score (nSPS) is 18.9. The quantitative estimate of drug-likeness (QED) is 0.451. The minimum absolute atomic E-state index is 0.247. The van der Waals surface area contributed by atoms with Crippen molar-refractivity contribution >= 4 is 5.57 Å². The van der Waals surface area contributed by atoms with E-state index in [1.54, 1.807) is 18.2 Å². The third kappa shape index (κ3) is 5.38. The molecule has 2 nitrogen and oxygen atoms in total. The van der Waals surface area contributed by atoms with Crippen molar-refractivity contribution in [2.75, 3.05) is 0 Å². The first kappa shape index (κ1) is 19.1. The fraction of sp³-hybridized carbons (Fsp3) is 0.294. The Hall–Kier alpha value is -2.22. The highest BCUT2D eigenvalue weighted by Crippen LogP contribution is 2.32. The summed E-state index contributed by atoms with van der Waals surface area (Å²) in [5, 5.41) is 0. The van der Waals surface area contributed by atoms with Gasteiger partial charge < -0.3 is 5.43 Å². The van der Waals surface area contributed by atoms with Gasteiger partial charge in [0.25, 0.3) is 0 Å². The van der Waals surface area contributed by atoms with E-state index in [0.717, 1.165) is 18.2 Å². The van der Waals surface area contributed by atoms with Gasteiger partial charge in [-0.15, -0.1) is 0 Å². The molecule has 1 aliphatic carbocycles. The number of benzene rings is 1. The van der Waals surface area contributed by atoms with Gasteiger partial charge in [-0.05, 0) is 29.7 Å². The molecule has 1 aromatic carbocycles. The molecule has 1 aliphatic rings. The molecule has 2 rings (SSSR count). The lowest BCUT2D eigenvalue weighted by Crippen LogP contribution is -2.27. The molecule has 1 atom stereocenters. The molecule has 0 aromatic heterocycles. The molecule has 0 saturated carbocycles. The number of hydrazine groups is 1. The zero-order valence-electron chi connectivity index (χ0n) is 13.0. The number of halogens is 6. The van der Waals surface area contributed by atoms with Crippen LogP contribution < -0.4 is 11.3 Å². The van der Waals surface area contributed by atoms with Gasteiger partial charge in [-0.2, -0.15) is 26.3 Å². The first-order valence-corrected chi connectivity index (χ1v) is 7.39. The fourth-order valence-corrected chi connectivity index (χ4v) is 2.46. The number of alkyl halides is 6. The molecule has 0 radical (unpaired) electrons. The molecular weight excluding hydrogens is 346 g/mol. The third-order valence-electron chi connectivity index (χ3n) is 3.76. The Morgan fingerprint density at radius 1 is 1.12 bits per heavy atom. The van der Waals surface area contributed by atoms with E-state index in [1.165, 1.54) is 12.1 Å². The van der Waals surface area contributed by atoms with E-state index in [2.05, 4.69) is 5.43 Å². The summed E-state index contributed by atoms with van der Waals surface area (Å²) < 4.78 is 74.6. The van der Waals surface area contributed by atoms with Gasteiger partial charge in [0.15, 0.2) is 0 Å². The van der Waals surface area contributed by atoms with E-state index in [-0.39, 0.29) is 11.6 Å². The van der Waals surface area contributed by atoms with E-state index in [1.807, 2.05) is 0 Å². The van der Waals surface area contributed by atoms with Crippen LogP contribution in [-0.4, -0.2) is 6.18 Å². The lowest BCUT2D eigenvalue weighted by atomic mass is 9.90. The van der Waals surface area contributed by atoms with Crippen LogP contribution >= 0.6 is 0 Å². The second kappa shape index (κ2) is 7.35. The molecule has 0 fully saturated rings. The minimum Gasteiger partial charge on any atom is -0.328 e. The van der Waals surface area contributed by atoms with Crippen molar-refractivity contribution in [2.24, 2.45) is 11.8 Å². The van der Waals surface area contributed by atoms with Crippen LogP contribution in [0.2, 0.25) is 0 Å². The topological polar surface area (TPSA) is 38.0 Å². The van der Waals surface area contributed by atoms with Crippen LogP contribution in [0.15, 0.2) is 54.3 Å². The number of nitrogens with one attached hydrogen (secondary N) is 1. The summed E-state index contributed by atoms with van der Waals surface area (Å²) in [6.07, 6.45) is -3.33. The molecule has 1 unspecified atom stereocenters. The molecule has 0 amide bonds. The average molecular weight is 362 g/mol. The summed E-state index contributed by atoms with van der Waals surface area (Å²) in [5.74, 6) is 4.95. The van der Waals surface area contributed by atoms with Crippen molar-refractivity contribution in [1.82, 2.24) is 5.43 Å². The van der Waals surface area contributed by atoms with Gasteiger partial charge in [-0.3, -0.25) is 5.84 Å². The number of nitrogens with two attached hydrogens (primary N) is 1. The molecular formula is C17H16F6N2. The zero-order valence-corrected chi connectivity index (χ0v) is 13.0. The molecule has 3 N–H and O–H groups in total. The molecule has 0 heterocycles. The maximum absolute atomic E-state index is 12.6. The molecule has 8 heteroatoms. The van der Waals surface area contributed by atoms with Crippen LogP contribution in [0.1, 0.15) is 24.0 Å². The van der Waals surface area contributed by atoms with Crippen molar-refractivity contribution in [2.45, 2.75) is 25.2 Å². The lowest BCUT2D eigenvalue weighted by Gasteiger charge is -2.20. The summed E-state index contributed by atoms with van der Waals surface area (Å²) in [5.41, 5.74) is 3.10. The minimum atomic E-state index is -4.40. The standard InChI is InChI=1S/C17H16F6N2/c18-16(19,20)10-9-15(25-24)13-3-1-11(2-4-13)12-5-7-14(8-6-12)17(21,22)23/h1-3,5-9,13,25H,4,10,24H2/b15-9-. The Morgan fingerprint density at radius 2 is 1.76 bits per heavy atom. The molecule has 0 spiro atoms. The van der Waals surface area contributed by atoms with Gasteiger partial charge in [0.05, 0.1) is 12.0 Å². The second-order valence-corrected chi connectivity index (χ2v) is 5.56. The Kier molecular flexibility index (Phi) is 5.62.